The molecule has 0 aromatic carbocycles. The highest BCUT2D eigenvalue weighted by atomic mass is 16.6. The van der Waals surface area contributed by atoms with Crippen LogP contribution in [0.4, 0.5) is 4.79 Å². The topological polar surface area (TPSA) is 53.7 Å². The normalized spacial score (nSPS) is 15.5. The van der Waals surface area contributed by atoms with Crippen molar-refractivity contribution in [2.75, 3.05) is 13.1 Å². The maximum absolute atomic E-state index is 12.1. The highest BCUT2D eigenvalue weighted by Crippen LogP contribution is 2.25. The number of aromatic nitrogens is 1. The van der Waals surface area contributed by atoms with Crippen molar-refractivity contribution in [2.45, 2.75) is 46.1 Å². The van der Waals surface area contributed by atoms with Crippen LogP contribution in [0.3, 0.4) is 0 Å². The lowest BCUT2D eigenvalue weighted by molar-refractivity contribution is -0.909. The Bertz CT molecular complexity index is 588. The van der Waals surface area contributed by atoms with Crippen LogP contribution >= 0.6 is 0 Å². The first-order chi connectivity index (χ1) is 10.3. The van der Waals surface area contributed by atoms with E-state index in [1.165, 1.54) is 10.3 Å². The van der Waals surface area contributed by atoms with Crippen LogP contribution in [-0.2, 0) is 11.2 Å². The van der Waals surface area contributed by atoms with E-state index in [4.69, 9.17) is 4.74 Å². The van der Waals surface area contributed by atoms with Gasteiger partial charge < -0.3 is 9.64 Å². The van der Waals surface area contributed by atoms with Crippen LogP contribution in [0.15, 0.2) is 24.4 Å². The molecule has 0 saturated heterocycles. The summed E-state index contributed by atoms with van der Waals surface area (Å²) in [7, 11) is 0. The maximum Gasteiger partial charge on any atom is 0.410 e. The van der Waals surface area contributed by atoms with Gasteiger partial charge in [0.1, 0.15) is 5.60 Å². The summed E-state index contributed by atoms with van der Waals surface area (Å²) in [6.45, 7) is 8.79. The minimum absolute atomic E-state index is 0.274. The number of nitrogens with zero attached hydrogens (tertiary/aromatic N) is 2. The van der Waals surface area contributed by atoms with E-state index in [1.807, 2.05) is 45.9 Å². The Kier molecular flexibility index (Phi) is 4.74. The lowest BCUT2D eigenvalue weighted by Gasteiger charge is -2.29. The lowest BCUT2D eigenvalue weighted by Crippen LogP contribution is -2.39. The van der Waals surface area contributed by atoms with Gasteiger partial charge in [-0.2, -0.15) is 0 Å². The van der Waals surface area contributed by atoms with E-state index in [1.54, 1.807) is 11.1 Å². The summed E-state index contributed by atoms with van der Waals surface area (Å²) in [5, 5.41) is 9.89. The van der Waals surface area contributed by atoms with Gasteiger partial charge in [-0.3, -0.25) is 5.21 Å². The summed E-state index contributed by atoms with van der Waals surface area (Å²) in [5.41, 5.74) is 2.63. The Morgan fingerprint density at radius 3 is 2.73 bits per heavy atom. The lowest BCUT2D eigenvalue weighted by atomic mass is 9.97. The minimum atomic E-state index is -0.474. The number of hydrogen-bond acceptors (Lipinski definition) is 3. The first-order valence-electron chi connectivity index (χ1n) is 7.72. The third-order valence-corrected chi connectivity index (χ3v) is 3.62. The quantitative estimate of drug-likeness (QED) is 0.675. The zero-order valence-corrected chi connectivity index (χ0v) is 13.8. The average Bonchev–Trinajstić information content (AvgIpc) is 2.45. The van der Waals surface area contributed by atoms with Crippen molar-refractivity contribution in [3.05, 3.63) is 35.7 Å². The molecule has 0 spiro atoms. The fourth-order valence-corrected chi connectivity index (χ4v) is 2.58. The number of pyridine rings is 1. The SMILES string of the molecule is CCc1c(C2=CCN(C(=O)OC(C)(C)C)CC2)ccc[n+]1O. The third-order valence-electron chi connectivity index (χ3n) is 3.62. The molecule has 1 N–H and O–H groups in total. The van der Waals surface area contributed by atoms with Crippen molar-refractivity contribution >= 4 is 11.7 Å². The minimum Gasteiger partial charge on any atom is -0.444 e. The molecule has 2 rings (SSSR count). The highest BCUT2D eigenvalue weighted by Gasteiger charge is 2.25. The van der Waals surface area contributed by atoms with Crippen molar-refractivity contribution in [1.82, 2.24) is 4.90 Å². The predicted octanol–water partition coefficient (Wildman–Crippen LogP) is 2.80. The van der Waals surface area contributed by atoms with Gasteiger partial charge in [-0.15, -0.1) is 0 Å². The number of rotatable bonds is 2. The van der Waals surface area contributed by atoms with Gasteiger partial charge in [-0.05, 0) is 38.8 Å². The summed E-state index contributed by atoms with van der Waals surface area (Å²) < 4.78 is 6.57. The molecule has 120 valence electrons. The molecule has 1 aromatic heterocycles. The molecule has 0 radical (unpaired) electrons. The Balaban J connectivity index is 2.12. The van der Waals surface area contributed by atoms with Gasteiger partial charge >= 0.3 is 6.09 Å². The van der Waals surface area contributed by atoms with E-state index in [0.717, 1.165) is 24.1 Å². The van der Waals surface area contributed by atoms with Crippen molar-refractivity contribution in [3.8, 4) is 0 Å². The van der Waals surface area contributed by atoms with Crippen LogP contribution in [-0.4, -0.2) is 34.9 Å². The summed E-state index contributed by atoms with van der Waals surface area (Å²) in [4.78, 5) is 13.8. The number of hydrogen-bond donors (Lipinski definition) is 1. The van der Waals surface area contributed by atoms with Crippen molar-refractivity contribution < 1.29 is 19.5 Å². The molecule has 0 aliphatic carbocycles. The van der Waals surface area contributed by atoms with E-state index in [0.29, 0.717) is 13.1 Å². The van der Waals surface area contributed by atoms with E-state index in [-0.39, 0.29) is 6.09 Å². The predicted molar refractivity (Wildman–Crippen MR) is 83.6 cm³/mol. The van der Waals surface area contributed by atoms with E-state index in [9.17, 15) is 10.0 Å². The smallest absolute Gasteiger partial charge is 0.410 e. The van der Waals surface area contributed by atoms with Crippen LogP contribution in [0.1, 0.15) is 45.4 Å². The van der Waals surface area contributed by atoms with E-state index >= 15 is 0 Å². The Hall–Kier alpha value is -2.04. The van der Waals surface area contributed by atoms with Gasteiger partial charge in [-0.1, -0.05) is 13.0 Å². The molecule has 5 nitrogen and oxygen atoms in total. The summed E-state index contributed by atoms with van der Waals surface area (Å²) in [6.07, 6.45) is 4.92. The first-order valence-corrected chi connectivity index (χ1v) is 7.72. The summed E-state index contributed by atoms with van der Waals surface area (Å²) in [6, 6.07) is 3.84. The third kappa shape index (κ3) is 3.78. The molecule has 1 aliphatic rings. The van der Waals surface area contributed by atoms with Gasteiger partial charge in [0.25, 0.3) is 0 Å². The van der Waals surface area contributed by atoms with Crippen LogP contribution in [0, 0.1) is 0 Å². The molecule has 0 saturated carbocycles. The zero-order chi connectivity index (χ0) is 16.3. The molecule has 1 amide bonds. The van der Waals surface area contributed by atoms with E-state index < -0.39 is 5.60 Å². The Morgan fingerprint density at radius 1 is 1.45 bits per heavy atom. The van der Waals surface area contributed by atoms with Gasteiger partial charge in [0.2, 0.25) is 11.9 Å². The largest absolute Gasteiger partial charge is 0.444 e. The molecular formula is C17H25N2O3+. The van der Waals surface area contributed by atoms with Crippen molar-refractivity contribution in [1.29, 1.82) is 0 Å². The monoisotopic (exact) mass is 305 g/mol. The number of carbonyl (C=O) groups is 1. The maximum atomic E-state index is 12.1. The van der Waals surface area contributed by atoms with Crippen LogP contribution < -0.4 is 4.73 Å². The molecule has 0 bridgehead atoms. The molecule has 0 unspecified atom stereocenters. The fraction of sp³-hybridized carbons (Fsp3) is 0.529. The number of carbonyl (C=O) groups excluding carboxylic acids is 1. The Labute approximate surface area is 131 Å². The van der Waals surface area contributed by atoms with Gasteiger partial charge in [-0.25, -0.2) is 4.79 Å². The van der Waals surface area contributed by atoms with Gasteiger partial charge in [0.15, 0.2) is 0 Å². The molecule has 1 aliphatic heterocycles. The molecule has 0 atom stereocenters. The first kappa shape index (κ1) is 16.3. The summed E-state index contributed by atoms with van der Waals surface area (Å²) in [5.74, 6) is 0. The second kappa shape index (κ2) is 6.38. The van der Waals surface area contributed by atoms with Crippen molar-refractivity contribution in [2.24, 2.45) is 0 Å². The highest BCUT2D eigenvalue weighted by molar-refractivity contribution is 5.73. The molecule has 22 heavy (non-hydrogen) atoms. The second-order valence-corrected chi connectivity index (χ2v) is 6.47. The van der Waals surface area contributed by atoms with Crippen LogP contribution in [0.5, 0.6) is 0 Å². The van der Waals surface area contributed by atoms with E-state index in [2.05, 4.69) is 0 Å². The molecule has 0 fully saturated rings. The standard InChI is InChI=1S/C17H25N2O3/c1-5-15-14(7-6-10-19(15)21)13-8-11-18(12-9-13)16(20)22-17(2,3)4/h6-8,10,21H,5,9,11-12H2,1-4H3/q+1. The Morgan fingerprint density at radius 2 is 2.18 bits per heavy atom. The van der Waals surface area contributed by atoms with Crippen molar-refractivity contribution in [3.63, 3.8) is 0 Å². The van der Waals surface area contributed by atoms with Crippen LogP contribution in [0.2, 0.25) is 0 Å². The summed E-state index contributed by atoms with van der Waals surface area (Å²) >= 11 is 0. The zero-order valence-electron chi connectivity index (χ0n) is 13.8. The second-order valence-electron chi connectivity index (χ2n) is 6.47. The number of ether oxygens (including phenoxy) is 1. The molecule has 5 heteroatoms. The number of amides is 1. The molecule has 1 aromatic rings. The fourth-order valence-electron chi connectivity index (χ4n) is 2.58. The molecule has 2 heterocycles. The van der Waals surface area contributed by atoms with Crippen LogP contribution in [0.25, 0.3) is 5.57 Å². The van der Waals surface area contributed by atoms with Gasteiger partial charge in [0.05, 0.1) is 0 Å². The molecular weight excluding hydrogens is 280 g/mol. The average molecular weight is 305 g/mol. The van der Waals surface area contributed by atoms with Gasteiger partial charge in [0, 0.05) is 35.9 Å².